The van der Waals surface area contributed by atoms with Gasteiger partial charge in [-0.1, -0.05) is 18.2 Å². The highest BCUT2D eigenvalue weighted by Crippen LogP contribution is 2.23. The van der Waals surface area contributed by atoms with Crippen LogP contribution in [0.25, 0.3) is 22.4 Å². The van der Waals surface area contributed by atoms with E-state index in [1.807, 2.05) is 43.3 Å². The number of anilines is 1. The van der Waals surface area contributed by atoms with Crippen molar-refractivity contribution in [2.45, 2.75) is 6.92 Å². The van der Waals surface area contributed by atoms with E-state index in [2.05, 4.69) is 20.5 Å². The molecular formula is C17H12N6. The third-order valence-electron chi connectivity index (χ3n) is 3.28. The first kappa shape index (κ1) is 14.3. The van der Waals surface area contributed by atoms with Gasteiger partial charge in [0.05, 0.1) is 16.7 Å². The number of nitrogens with zero attached hydrogens (tertiary/aromatic N) is 4. The van der Waals surface area contributed by atoms with Crippen LogP contribution in [0.4, 0.5) is 5.69 Å². The molecule has 110 valence electrons. The SMILES string of the molecule is Cc1ccc2nc(-c3cccc(NN=C(C#N)C#N)c3)[nH]c2c1. The van der Waals surface area contributed by atoms with Gasteiger partial charge in [0.25, 0.3) is 0 Å². The number of nitriles is 2. The standard InChI is InChI=1S/C17H12N6/c1-11-5-6-15-16(7-11)21-17(20-15)12-3-2-4-13(8-12)22-23-14(9-18)10-19/h2-8,22H,1H3,(H,20,21). The summed E-state index contributed by atoms with van der Waals surface area (Å²) in [4.78, 5) is 7.86. The van der Waals surface area contributed by atoms with Gasteiger partial charge < -0.3 is 4.98 Å². The number of hydrogen-bond acceptors (Lipinski definition) is 5. The summed E-state index contributed by atoms with van der Waals surface area (Å²) in [5, 5.41) is 21.1. The van der Waals surface area contributed by atoms with Crippen molar-refractivity contribution in [1.82, 2.24) is 9.97 Å². The third kappa shape index (κ3) is 3.02. The summed E-state index contributed by atoms with van der Waals surface area (Å²) in [6, 6.07) is 16.9. The van der Waals surface area contributed by atoms with Gasteiger partial charge in [0.2, 0.25) is 5.71 Å². The molecule has 2 N–H and O–H groups in total. The molecule has 0 aliphatic heterocycles. The lowest BCUT2D eigenvalue weighted by Gasteiger charge is -2.02. The van der Waals surface area contributed by atoms with Crippen molar-refractivity contribution in [3.05, 3.63) is 48.0 Å². The Labute approximate surface area is 132 Å². The molecule has 0 aliphatic carbocycles. The predicted molar refractivity (Wildman–Crippen MR) is 88.6 cm³/mol. The topological polar surface area (TPSA) is 101 Å². The number of benzene rings is 2. The number of H-pyrrole nitrogens is 1. The summed E-state index contributed by atoms with van der Waals surface area (Å²) in [6.07, 6.45) is 0. The Hall–Kier alpha value is -3.64. The van der Waals surface area contributed by atoms with Crippen molar-refractivity contribution in [2.75, 3.05) is 5.43 Å². The van der Waals surface area contributed by atoms with Gasteiger partial charge in [-0.15, -0.1) is 0 Å². The summed E-state index contributed by atoms with van der Waals surface area (Å²) < 4.78 is 0. The first-order chi connectivity index (χ1) is 11.2. The second kappa shape index (κ2) is 6.00. The molecule has 0 unspecified atom stereocenters. The Kier molecular flexibility index (Phi) is 3.73. The molecule has 23 heavy (non-hydrogen) atoms. The molecule has 0 radical (unpaired) electrons. The predicted octanol–water partition coefficient (Wildman–Crippen LogP) is 3.35. The van der Waals surface area contributed by atoms with Crippen molar-refractivity contribution in [1.29, 1.82) is 10.5 Å². The monoisotopic (exact) mass is 300 g/mol. The van der Waals surface area contributed by atoms with E-state index in [1.165, 1.54) is 0 Å². The number of hydrogen-bond donors (Lipinski definition) is 2. The highest BCUT2D eigenvalue weighted by molar-refractivity contribution is 6.10. The molecule has 3 aromatic rings. The quantitative estimate of drug-likeness (QED) is 0.572. The third-order valence-corrected chi connectivity index (χ3v) is 3.28. The summed E-state index contributed by atoms with van der Waals surface area (Å²) in [5.74, 6) is 0.749. The van der Waals surface area contributed by atoms with Gasteiger partial charge >= 0.3 is 0 Å². The molecule has 0 saturated carbocycles. The zero-order valence-corrected chi connectivity index (χ0v) is 12.3. The highest BCUT2D eigenvalue weighted by atomic mass is 15.3. The number of rotatable bonds is 3. The van der Waals surface area contributed by atoms with Crippen LogP contribution < -0.4 is 5.43 Å². The van der Waals surface area contributed by atoms with Crippen LogP contribution >= 0.6 is 0 Å². The first-order valence-corrected chi connectivity index (χ1v) is 6.90. The van der Waals surface area contributed by atoms with Crippen LogP contribution in [-0.4, -0.2) is 15.7 Å². The van der Waals surface area contributed by atoms with Crippen LogP contribution in [-0.2, 0) is 0 Å². The molecule has 0 saturated heterocycles. The number of aromatic nitrogens is 2. The van der Waals surface area contributed by atoms with Crippen LogP contribution in [0.15, 0.2) is 47.6 Å². The Morgan fingerprint density at radius 1 is 1.17 bits per heavy atom. The van der Waals surface area contributed by atoms with Gasteiger partial charge in [0, 0.05) is 5.56 Å². The molecule has 3 rings (SSSR count). The van der Waals surface area contributed by atoms with Crippen LogP contribution in [0.2, 0.25) is 0 Å². The molecule has 1 aromatic heterocycles. The lowest BCUT2D eigenvalue weighted by molar-refractivity contribution is 1.31. The number of fused-ring (bicyclic) bond motifs is 1. The van der Waals surface area contributed by atoms with Crippen molar-refractivity contribution >= 4 is 22.4 Å². The largest absolute Gasteiger partial charge is 0.338 e. The molecular weight excluding hydrogens is 288 g/mol. The number of hydrazone groups is 1. The number of imidazole rings is 1. The van der Waals surface area contributed by atoms with Gasteiger partial charge in [-0.25, -0.2) is 4.98 Å². The van der Waals surface area contributed by atoms with E-state index in [9.17, 15) is 0 Å². The first-order valence-electron chi connectivity index (χ1n) is 6.90. The number of aryl methyl sites for hydroxylation is 1. The molecule has 6 heteroatoms. The van der Waals surface area contributed by atoms with Crippen LogP contribution in [0.3, 0.4) is 0 Å². The molecule has 0 amide bonds. The minimum atomic E-state index is -0.227. The van der Waals surface area contributed by atoms with E-state index in [0.717, 1.165) is 28.0 Å². The number of aromatic amines is 1. The van der Waals surface area contributed by atoms with E-state index in [-0.39, 0.29) is 5.71 Å². The Bertz CT molecular complexity index is 968. The Morgan fingerprint density at radius 3 is 2.78 bits per heavy atom. The van der Waals surface area contributed by atoms with Crippen LogP contribution in [0.5, 0.6) is 0 Å². The molecule has 0 aliphatic rings. The van der Waals surface area contributed by atoms with E-state index in [1.54, 1.807) is 18.2 Å². The Balaban J connectivity index is 1.94. The molecule has 0 bridgehead atoms. The molecule has 0 spiro atoms. The molecule has 6 nitrogen and oxygen atoms in total. The maximum Gasteiger partial charge on any atom is 0.237 e. The average Bonchev–Trinajstić information content (AvgIpc) is 2.99. The van der Waals surface area contributed by atoms with Crippen molar-refractivity contribution in [3.8, 4) is 23.5 Å². The maximum atomic E-state index is 8.68. The fraction of sp³-hybridized carbons (Fsp3) is 0.0588. The van der Waals surface area contributed by atoms with Crippen molar-refractivity contribution in [3.63, 3.8) is 0 Å². The summed E-state index contributed by atoms with van der Waals surface area (Å²) in [6.45, 7) is 2.03. The van der Waals surface area contributed by atoms with Crippen LogP contribution in [0.1, 0.15) is 5.56 Å². The molecule has 2 aromatic carbocycles. The fourth-order valence-corrected chi connectivity index (χ4v) is 2.19. The van der Waals surface area contributed by atoms with Gasteiger partial charge in [0.1, 0.15) is 18.0 Å². The normalized spacial score (nSPS) is 9.87. The molecule has 1 heterocycles. The van der Waals surface area contributed by atoms with E-state index in [4.69, 9.17) is 10.5 Å². The van der Waals surface area contributed by atoms with Gasteiger partial charge in [0.15, 0.2) is 0 Å². The van der Waals surface area contributed by atoms with E-state index in [0.29, 0.717) is 5.69 Å². The zero-order valence-electron chi connectivity index (χ0n) is 12.3. The summed E-state index contributed by atoms with van der Waals surface area (Å²) in [7, 11) is 0. The van der Waals surface area contributed by atoms with Gasteiger partial charge in [-0.2, -0.15) is 15.6 Å². The van der Waals surface area contributed by atoms with E-state index < -0.39 is 0 Å². The highest BCUT2D eigenvalue weighted by Gasteiger charge is 2.06. The van der Waals surface area contributed by atoms with Crippen LogP contribution in [0, 0.1) is 29.6 Å². The Morgan fingerprint density at radius 2 is 2.00 bits per heavy atom. The lowest BCUT2D eigenvalue weighted by atomic mass is 10.2. The molecule has 0 atom stereocenters. The minimum absolute atomic E-state index is 0.227. The second-order valence-corrected chi connectivity index (χ2v) is 4.98. The van der Waals surface area contributed by atoms with E-state index >= 15 is 0 Å². The lowest BCUT2D eigenvalue weighted by Crippen LogP contribution is -1.96. The second-order valence-electron chi connectivity index (χ2n) is 4.98. The smallest absolute Gasteiger partial charge is 0.237 e. The average molecular weight is 300 g/mol. The minimum Gasteiger partial charge on any atom is -0.338 e. The molecule has 0 fully saturated rings. The summed E-state index contributed by atoms with van der Waals surface area (Å²) in [5.41, 5.74) is 7.07. The zero-order chi connectivity index (χ0) is 16.2. The number of nitrogens with one attached hydrogen (secondary N) is 2. The van der Waals surface area contributed by atoms with Crippen molar-refractivity contribution < 1.29 is 0 Å². The van der Waals surface area contributed by atoms with Crippen molar-refractivity contribution in [2.24, 2.45) is 5.10 Å². The van der Waals surface area contributed by atoms with Gasteiger partial charge in [-0.05, 0) is 36.8 Å². The maximum absolute atomic E-state index is 8.68. The summed E-state index contributed by atoms with van der Waals surface area (Å²) >= 11 is 0. The fourth-order valence-electron chi connectivity index (χ4n) is 2.19. The van der Waals surface area contributed by atoms with Gasteiger partial charge in [-0.3, -0.25) is 5.43 Å².